The van der Waals surface area contributed by atoms with Crippen molar-refractivity contribution in [2.75, 3.05) is 39.8 Å². The number of hydrogen-bond donors (Lipinski definition) is 2. The first kappa shape index (κ1) is 15.4. The van der Waals surface area contributed by atoms with Gasteiger partial charge in [0, 0.05) is 38.1 Å². The lowest BCUT2D eigenvalue weighted by atomic mass is 10.1. The highest BCUT2D eigenvalue weighted by molar-refractivity contribution is 5.76. The number of nitrogens with one attached hydrogen (secondary N) is 2. The van der Waals surface area contributed by atoms with Gasteiger partial charge in [-0.25, -0.2) is 0 Å². The first-order chi connectivity index (χ1) is 8.37. The fourth-order valence-electron chi connectivity index (χ4n) is 1.94. The number of rotatable bonds is 5. The van der Waals surface area contributed by atoms with Gasteiger partial charge in [0.15, 0.2) is 0 Å². The molecule has 1 saturated heterocycles. The summed E-state index contributed by atoms with van der Waals surface area (Å²) < 4.78 is 5.63. The van der Waals surface area contributed by atoms with E-state index < -0.39 is 0 Å². The minimum Gasteiger partial charge on any atom is -0.374 e. The number of ether oxygens (including phenoxy) is 1. The monoisotopic (exact) mass is 257 g/mol. The smallest absolute Gasteiger partial charge is 0.221 e. The van der Waals surface area contributed by atoms with Crippen molar-refractivity contribution in [1.29, 1.82) is 0 Å². The van der Waals surface area contributed by atoms with Crippen LogP contribution in [0, 0.1) is 0 Å². The van der Waals surface area contributed by atoms with Crippen molar-refractivity contribution in [2.24, 2.45) is 0 Å². The molecule has 0 aliphatic carbocycles. The zero-order valence-corrected chi connectivity index (χ0v) is 12.1. The maximum Gasteiger partial charge on any atom is 0.221 e. The molecule has 0 radical (unpaired) electrons. The van der Waals surface area contributed by atoms with E-state index in [0.29, 0.717) is 13.0 Å². The van der Waals surface area contributed by atoms with Crippen LogP contribution in [0.3, 0.4) is 0 Å². The van der Waals surface area contributed by atoms with Gasteiger partial charge in [0.2, 0.25) is 5.91 Å². The molecule has 0 bridgehead atoms. The van der Waals surface area contributed by atoms with Crippen molar-refractivity contribution in [1.82, 2.24) is 15.5 Å². The van der Waals surface area contributed by atoms with Crippen LogP contribution in [0.5, 0.6) is 0 Å². The molecule has 1 fully saturated rings. The minimum atomic E-state index is -0.147. The number of hydrogen-bond acceptors (Lipinski definition) is 4. The van der Waals surface area contributed by atoms with Crippen molar-refractivity contribution in [3.8, 4) is 0 Å². The van der Waals surface area contributed by atoms with E-state index in [1.807, 2.05) is 20.8 Å². The molecule has 0 saturated carbocycles. The van der Waals surface area contributed by atoms with Crippen molar-refractivity contribution < 1.29 is 9.53 Å². The predicted octanol–water partition coefficient (Wildman–Crippen LogP) is 0.211. The summed E-state index contributed by atoms with van der Waals surface area (Å²) in [6, 6.07) is 0. The number of carbonyl (C=O) groups excluding carboxylic acids is 1. The van der Waals surface area contributed by atoms with Crippen LogP contribution in [0.1, 0.15) is 27.2 Å². The second kappa shape index (κ2) is 7.07. The van der Waals surface area contributed by atoms with Gasteiger partial charge in [0.25, 0.3) is 0 Å². The first-order valence-corrected chi connectivity index (χ1v) is 6.69. The summed E-state index contributed by atoms with van der Waals surface area (Å²) in [6.07, 6.45) is 0.759. The summed E-state index contributed by atoms with van der Waals surface area (Å²) in [5.41, 5.74) is -0.147. The lowest BCUT2D eigenvalue weighted by Gasteiger charge is -2.30. The van der Waals surface area contributed by atoms with Gasteiger partial charge in [-0.1, -0.05) is 0 Å². The average molecular weight is 257 g/mol. The van der Waals surface area contributed by atoms with Crippen molar-refractivity contribution in [3.05, 3.63) is 0 Å². The third-order valence-corrected chi connectivity index (χ3v) is 2.76. The van der Waals surface area contributed by atoms with Gasteiger partial charge < -0.3 is 20.3 Å². The normalized spacial score (nSPS) is 21.9. The van der Waals surface area contributed by atoms with E-state index in [2.05, 4.69) is 22.6 Å². The van der Waals surface area contributed by atoms with Gasteiger partial charge in [-0.3, -0.25) is 4.79 Å². The van der Waals surface area contributed by atoms with Crippen LogP contribution in [0.25, 0.3) is 0 Å². The Balaban J connectivity index is 2.06. The molecule has 106 valence electrons. The number of morpholine rings is 1. The van der Waals surface area contributed by atoms with E-state index in [9.17, 15) is 4.79 Å². The quantitative estimate of drug-likeness (QED) is 0.692. The summed E-state index contributed by atoms with van der Waals surface area (Å²) in [5, 5.41) is 6.23. The van der Waals surface area contributed by atoms with E-state index in [1.54, 1.807) is 0 Å². The summed E-state index contributed by atoms with van der Waals surface area (Å²) >= 11 is 0. The minimum absolute atomic E-state index is 0.0941. The Bertz CT molecular complexity index is 263. The molecule has 0 aromatic rings. The summed E-state index contributed by atoms with van der Waals surface area (Å²) in [4.78, 5) is 13.8. The Morgan fingerprint density at radius 2 is 2.17 bits per heavy atom. The Morgan fingerprint density at radius 1 is 1.44 bits per heavy atom. The van der Waals surface area contributed by atoms with Crippen molar-refractivity contribution in [3.63, 3.8) is 0 Å². The number of carbonyl (C=O) groups is 1. The van der Waals surface area contributed by atoms with Gasteiger partial charge in [-0.15, -0.1) is 0 Å². The van der Waals surface area contributed by atoms with Crippen LogP contribution >= 0.6 is 0 Å². The number of likely N-dealkylation sites (N-methyl/N-ethyl adjacent to an activating group) is 1. The maximum absolute atomic E-state index is 11.6. The van der Waals surface area contributed by atoms with Gasteiger partial charge in [0.05, 0.1) is 12.7 Å². The summed E-state index contributed by atoms with van der Waals surface area (Å²) in [7, 11) is 2.10. The Kier molecular flexibility index (Phi) is 6.05. The SMILES string of the molecule is CN1CCOC(CNCCC(=O)NC(C)(C)C)C1. The molecule has 1 aliphatic heterocycles. The molecule has 1 rings (SSSR count). The van der Waals surface area contributed by atoms with E-state index in [4.69, 9.17) is 4.74 Å². The van der Waals surface area contributed by atoms with Crippen molar-refractivity contribution in [2.45, 2.75) is 38.8 Å². The topological polar surface area (TPSA) is 53.6 Å². The first-order valence-electron chi connectivity index (χ1n) is 6.69. The second-order valence-corrected chi connectivity index (χ2v) is 6.01. The molecule has 1 unspecified atom stereocenters. The van der Waals surface area contributed by atoms with Gasteiger partial charge >= 0.3 is 0 Å². The van der Waals surface area contributed by atoms with Crippen LogP contribution in [0.2, 0.25) is 0 Å². The molecule has 5 heteroatoms. The van der Waals surface area contributed by atoms with Crippen LogP contribution < -0.4 is 10.6 Å². The molecule has 18 heavy (non-hydrogen) atoms. The van der Waals surface area contributed by atoms with Crippen LogP contribution in [0.15, 0.2) is 0 Å². The molecule has 0 aromatic heterocycles. The molecule has 1 aliphatic rings. The fourth-order valence-corrected chi connectivity index (χ4v) is 1.94. The molecule has 0 aromatic carbocycles. The summed E-state index contributed by atoms with van der Waals surface area (Å²) in [6.45, 7) is 10.2. The average Bonchev–Trinajstić information content (AvgIpc) is 2.22. The molecule has 1 amide bonds. The standard InChI is InChI=1S/C13H27N3O2/c1-13(2,3)15-12(17)5-6-14-9-11-10-16(4)7-8-18-11/h11,14H,5-10H2,1-4H3,(H,15,17). The Labute approximate surface area is 110 Å². The highest BCUT2D eigenvalue weighted by Crippen LogP contribution is 2.01. The predicted molar refractivity (Wildman–Crippen MR) is 72.6 cm³/mol. The second-order valence-electron chi connectivity index (χ2n) is 6.01. The molecular weight excluding hydrogens is 230 g/mol. The molecule has 2 N–H and O–H groups in total. The van der Waals surface area contributed by atoms with Crippen LogP contribution in [-0.4, -0.2) is 62.3 Å². The van der Waals surface area contributed by atoms with E-state index >= 15 is 0 Å². The molecular formula is C13H27N3O2. The maximum atomic E-state index is 11.6. The lowest BCUT2D eigenvalue weighted by molar-refractivity contribution is -0.122. The van der Waals surface area contributed by atoms with Crippen LogP contribution in [0.4, 0.5) is 0 Å². The fraction of sp³-hybridized carbons (Fsp3) is 0.923. The number of nitrogens with zero attached hydrogens (tertiary/aromatic N) is 1. The molecule has 5 nitrogen and oxygen atoms in total. The van der Waals surface area contributed by atoms with Crippen molar-refractivity contribution >= 4 is 5.91 Å². The highest BCUT2D eigenvalue weighted by atomic mass is 16.5. The zero-order chi connectivity index (χ0) is 13.6. The van der Waals surface area contributed by atoms with Crippen LogP contribution in [-0.2, 0) is 9.53 Å². The highest BCUT2D eigenvalue weighted by Gasteiger charge is 2.17. The summed E-state index contributed by atoms with van der Waals surface area (Å²) in [5.74, 6) is 0.0941. The Hall–Kier alpha value is -0.650. The van der Waals surface area contributed by atoms with Gasteiger partial charge in [0.1, 0.15) is 0 Å². The third-order valence-electron chi connectivity index (χ3n) is 2.76. The van der Waals surface area contributed by atoms with Gasteiger partial charge in [-0.05, 0) is 27.8 Å². The van der Waals surface area contributed by atoms with E-state index in [0.717, 1.165) is 26.2 Å². The molecule has 0 spiro atoms. The van der Waals surface area contributed by atoms with E-state index in [-0.39, 0.29) is 17.6 Å². The van der Waals surface area contributed by atoms with E-state index in [1.165, 1.54) is 0 Å². The third kappa shape index (κ3) is 6.93. The lowest BCUT2D eigenvalue weighted by Crippen LogP contribution is -2.45. The number of amides is 1. The largest absolute Gasteiger partial charge is 0.374 e. The molecule has 1 heterocycles. The zero-order valence-electron chi connectivity index (χ0n) is 12.1. The van der Waals surface area contributed by atoms with Gasteiger partial charge in [-0.2, -0.15) is 0 Å². The molecule has 1 atom stereocenters. The Morgan fingerprint density at radius 3 is 2.78 bits per heavy atom.